The molecule has 0 aliphatic carbocycles. The molecule has 1 heterocycles. The highest BCUT2D eigenvalue weighted by molar-refractivity contribution is 5.99. The maximum atomic E-state index is 13.1. The molecule has 6 heteroatoms. The molecule has 0 bridgehead atoms. The van der Waals surface area contributed by atoms with Gasteiger partial charge in [-0.3, -0.25) is 4.79 Å². The molecule has 2 atom stereocenters. The highest BCUT2D eigenvalue weighted by Gasteiger charge is 2.40. The summed E-state index contributed by atoms with van der Waals surface area (Å²) in [5.74, 6) is -2.92. The summed E-state index contributed by atoms with van der Waals surface area (Å²) in [7, 11) is 0. The zero-order valence-corrected chi connectivity index (χ0v) is 10.3. The predicted octanol–water partition coefficient (Wildman–Crippen LogP) is 1.47. The van der Waals surface area contributed by atoms with Crippen LogP contribution in [0.2, 0.25) is 0 Å². The van der Waals surface area contributed by atoms with Crippen molar-refractivity contribution in [2.45, 2.75) is 19.4 Å². The third kappa shape index (κ3) is 2.38. The Balaban J connectivity index is 2.33. The van der Waals surface area contributed by atoms with E-state index >= 15 is 0 Å². The number of hydrogen-bond acceptors (Lipinski definition) is 3. The van der Waals surface area contributed by atoms with Crippen molar-refractivity contribution in [3.05, 3.63) is 29.6 Å². The van der Waals surface area contributed by atoms with Crippen LogP contribution in [0.5, 0.6) is 5.75 Å². The Kier molecular flexibility index (Phi) is 3.42. The second-order valence-corrected chi connectivity index (χ2v) is 4.71. The third-order valence-corrected chi connectivity index (χ3v) is 3.40. The number of carboxylic acids is 1. The molecular formula is C13H14FNO4. The van der Waals surface area contributed by atoms with Crippen LogP contribution in [0.25, 0.3) is 0 Å². The van der Waals surface area contributed by atoms with Gasteiger partial charge in [-0.1, -0.05) is 6.92 Å². The largest absolute Gasteiger partial charge is 0.507 e. The highest BCUT2D eigenvalue weighted by atomic mass is 19.1. The lowest BCUT2D eigenvalue weighted by Crippen LogP contribution is -2.42. The fourth-order valence-corrected chi connectivity index (χ4v) is 2.39. The molecule has 19 heavy (non-hydrogen) atoms. The predicted molar refractivity (Wildman–Crippen MR) is 64.3 cm³/mol. The second-order valence-electron chi connectivity index (χ2n) is 4.71. The minimum atomic E-state index is -1.09. The number of carbonyl (C=O) groups is 2. The van der Waals surface area contributed by atoms with Crippen LogP contribution in [0.4, 0.5) is 4.39 Å². The number of rotatable bonds is 2. The smallest absolute Gasteiger partial charge is 0.326 e. The van der Waals surface area contributed by atoms with Crippen LogP contribution < -0.4 is 0 Å². The molecule has 1 aromatic rings. The number of nitrogens with zero attached hydrogens (tertiary/aromatic N) is 1. The third-order valence-electron chi connectivity index (χ3n) is 3.40. The summed E-state index contributed by atoms with van der Waals surface area (Å²) in [6.07, 6.45) is 0.568. The van der Waals surface area contributed by atoms with E-state index in [1.54, 1.807) is 6.92 Å². The van der Waals surface area contributed by atoms with Crippen LogP contribution in [0.15, 0.2) is 18.2 Å². The Labute approximate surface area is 109 Å². The molecule has 0 spiro atoms. The molecule has 5 nitrogen and oxygen atoms in total. The molecule has 102 valence electrons. The van der Waals surface area contributed by atoms with Gasteiger partial charge in [0.05, 0.1) is 5.56 Å². The summed E-state index contributed by atoms with van der Waals surface area (Å²) in [4.78, 5) is 24.6. The van der Waals surface area contributed by atoms with Crippen LogP contribution in [0.3, 0.4) is 0 Å². The maximum absolute atomic E-state index is 13.1. The Morgan fingerprint density at radius 1 is 1.42 bits per heavy atom. The van der Waals surface area contributed by atoms with E-state index in [1.165, 1.54) is 4.90 Å². The normalized spacial score (nSPS) is 22.5. The van der Waals surface area contributed by atoms with Gasteiger partial charge in [0.25, 0.3) is 5.91 Å². The van der Waals surface area contributed by atoms with Crippen molar-refractivity contribution < 1.29 is 24.2 Å². The van der Waals surface area contributed by atoms with Crippen molar-refractivity contribution in [2.24, 2.45) is 5.92 Å². The SMILES string of the molecule is CC1CCN(C(=O)c2cc(F)ccc2O)C1C(=O)O. The topological polar surface area (TPSA) is 77.8 Å². The van der Waals surface area contributed by atoms with Crippen molar-refractivity contribution in [1.82, 2.24) is 4.90 Å². The number of aliphatic carboxylic acids is 1. The van der Waals surface area contributed by atoms with Crippen LogP contribution >= 0.6 is 0 Å². The number of hydrogen-bond donors (Lipinski definition) is 2. The van der Waals surface area contributed by atoms with Gasteiger partial charge >= 0.3 is 5.97 Å². The standard InChI is InChI=1S/C13H14FNO4/c1-7-4-5-15(11(7)13(18)19)12(17)9-6-8(14)2-3-10(9)16/h2-3,6-7,11,16H,4-5H2,1H3,(H,18,19). The van der Waals surface area contributed by atoms with E-state index < -0.39 is 23.7 Å². The molecule has 2 N–H and O–H groups in total. The average Bonchev–Trinajstić information content (AvgIpc) is 2.73. The maximum Gasteiger partial charge on any atom is 0.326 e. The van der Waals surface area contributed by atoms with Gasteiger partial charge in [0.1, 0.15) is 17.6 Å². The molecule has 1 fully saturated rings. The molecule has 1 saturated heterocycles. The van der Waals surface area contributed by atoms with E-state index in [0.717, 1.165) is 18.2 Å². The summed E-state index contributed by atoms with van der Waals surface area (Å²) < 4.78 is 13.1. The van der Waals surface area contributed by atoms with Crippen LogP contribution in [0, 0.1) is 11.7 Å². The first-order chi connectivity index (χ1) is 8.91. The Hall–Kier alpha value is -2.11. The molecule has 0 radical (unpaired) electrons. The van der Waals surface area contributed by atoms with Gasteiger partial charge in [-0.05, 0) is 30.5 Å². The van der Waals surface area contributed by atoms with Gasteiger partial charge in [-0.15, -0.1) is 0 Å². The van der Waals surface area contributed by atoms with E-state index in [4.69, 9.17) is 5.11 Å². The lowest BCUT2D eigenvalue weighted by atomic mass is 10.0. The van der Waals surface area contributed by atoms with Gasteiger partial charge < -0.3 is 15.1 Å². The van der Waals surface area contributed by atoms with E-state index in [2.05, 4.69) is 0 Å². The minimum Gasteiger partial charge on any atom is -0.507 e. The summed E-state index contributed by atoms with van der Waals surface area (Å²) in [6.45, 7) is 2.03. The molecule has 0 aromatic heterocycles. The summed E-state index contributed by atoms with van der Waals surface area (Å²) in [5.41, 5.74) is -0.208. The zero-order chi connectivity index (χ0) is 14.2. The van der Waals surface area contributed by atoms with Crippen molar-refractivity contribution in [2.75, 3.05) is 6.54 Å². The van der Waals surface area contributed by atoms with Crippen molar-refractivity contribution >= 4 is 11.9 Å². The first-order valence-corrected chi connectivity index (χ1v) is 5.94. The van der Waals surface area contributed by atoms with E-state index in [-0.39, 0.29) is 23.8 Å². The molecule has 2 unspecified atom stereocenters. The summed E-state index contributed by atoms with van der Waals surface area (Å²) in [6, 6.07) is 2.10. The van der Waals surface area contributed by atoms with Crippen LogP contribution in [-0.4, -0.2) is 39.6 Å². The summed E-state index contributed by atoms with van der Waals surface area (Å²) >= 11 is 0. The molecule has 1 aliphatic rings. The Bertz CT molecular complexity index is 531. The summed E-state index contributed by atoms with van der Waals surface area (Å²) in [5, 5.41) is 18.7. The average molecular weight is 267 g/mol. The first kappa shape index (κ1) is 13.3. The number of halogens is 1. The van der Waals surface area contributed by atoms with Gasteiger partial charge in [0, 0.05) is 6.54 Å². The Morgan fingerprint density at radius 2 is 2.11 bits per heavy atom. The van der Waals surface area contributed by atoms with Crippen LogP contribution in [0.1, 0.15) is 23.7 Å². The van der Waals surface area contributed by atoms with Gasteiger partial charge in [0.15, 0.2) is 0 Å². The van der Waals surface area contributed by atoms with E-state index in [0.29, 0.717) is 6.42 Å². The zero-order valence-electron chi connectivity index (χ0n) is 10.3. The number of phenols is 1. The van der Waals surface area contributed by atoms with Gasteiger partial charge in [0.2, 0.25) is 0 Å². The lowest BCUT2D eigenvalue weighted by Gasteiger charge is -2.23. The van der Waals surface area contributed by atoms with Crippen molar-refractivity contribution in [3.63, 3.8) is 0 Å². The number of likely N-dealkylation sites (tertiary alicyclic amines) is 1. The minimum absolute atomic E-state index is 0.169. The Morgan fingerprint density at radius 3 is 2.74 bits per heavy atom. The number of benzene rings is 1. The number of carbonyl (C=O) groups excluding carboxylic acids is 1. The number of amides is 1. The monoisotopic (exact) mass is 267 g/mol. The molecule has 1 amide bonds. The number of aromatic hydroxyl groups is 1. The van der Waals surface area contributed by atoms with Crippen molar-refractivity contribution in [3.8, 4) is 5.75 Å². The fraction of sp³-hybridized carbons (Fsp3) is 0.385. The highest BCUT2D eigenvalue weighted by Crippen LogP contribution is 2.28. The van der Waals surface area contributed by atoms with E-state index in [1.807, 2.05) is 0 Å². The van der Waals surface area contributed by atoms with Gasteiger partial charge in [-0.2, -0.15) is 0 Å². The number of phenolic OH excluding ortho intramolecular Hbond substituents is 1. The number of carboxylic acid groups (broad SMARTS) is 1. The molecular weight excluding hydrogens is 253 g/mol. The van der Waals surface area contributed by atoms with Crippen molar-refractivity contribution in [1.29, 1.82) is 0 Å². The molecule has 1 aliphatic heterocycles. The quantitative estimate of drug-likeness (QED) is 0.850. The second kappa shape index (κ2) is 4.87. The first-order valence-electron chi connectivity index (χ1n) is 5.94. The van der Waals surface area contributed by atoms with E-state index in [9.17, 15) is 19.1 Å². The molecule has 0 saturated carbocycles. The van der Waals surface area contributed by atoms with Crippen LogP contribution in [-0.2, 0) is 4.79 Å². The fourth-order valence-electron chi connectivity index (χ4n) is 2.39. The molecule has 1 aromatic carbocycles. The van der Waals surface area contributed by atoms with Gasteiger partial charge in [-0.25, -0.2) is 9.18 Å². The molecule has 2 rings (SSSR count). The lowest BCUT2D eigenvalue weighted by molar-refractivity contribution is -0.142.